The van der Waals surface area contributed by atoms with Crippen molar-refractivity contribution in [2.45, 2.75) is 58.3 Å². The van der Waals surface area contributed by atoms with Gasteiger partial charge in [0.05, 0.1) is 45.2 Å². The van der Waals surface area contributed by atoms with Crippen LogP contribution in [0.1, 0.15) is 65.0 Å². The number of nitrogens with one attached hydrogen (secondary N) is 2. The van der Waals surface area contributed by atoms with Gasteiger partial charge in [0, 0.05) is 25.0 Å². The number of carbonyl (C=O) groups is 6. The Balaban J connectivity index is 0.000000192. The van der Waals surface area contributed by atoms with E-state index in [1.807, 2.05) is 0 Å². The Morgan fingerprint density at radius 1 is 0.651 bits per heavy atom. The second-order valence-corrected chi connectivity index (χ2v) is 9.92. The third-order valence-corrected chi connectivity index (χ3v) is 7.51. The van der Waals surface area contributed by atoms with Gasteiger partial charge < -0.3 is 9.80 Å². The summed E-state index contributed by atoms with van der Waals surface area (Å²) in [7, 11) is 0. The predicted octanol–water partition coefficient (Wildman–Crippen LogP) is 1.35. The molecule has 0 aliphatic carbocycles. The second-order valence-electron chi connectivity index (χ2n) is 9.92. The zero-order chi connectivity index (χ0) is 30.3. The van der Waals surface area contributed by atoms with Crippen molar-refractivity contribution in [3.63, 3.8) is 0 Å². The zero-order valence-electron chi connectivity index (χ0n) is 21.7. The fourth-order valence-electron chi connectivity index (χ4n) is 5.48. The second kappa shape index (κ2) is 11.8. The fourth-order valence-corrected chi connectivity index (χ4v) is 5.48. The fraction of sp³-hybridized carbons (Fsp3) is 0.333. The first-order chi connectivity index (χ1) is 20.0. The molecule has 2 aromatic carbocycles. The smallest absolute Gasteiger partial charge is 0.275 e. The van der Waals surface area contributed by atoms with Gasteiger partial charge in [0.15, 0.2) is 0 Å². The molecule has 2 N–H and O–H groups in total. The van der Waals surface area contributed by atoms with Crippen molar-refractivity contribution in [1.82, 2.24) is 20.4 Å². The van der Waals surface area contributed by atoms with Gasteiger partial charge in [-0.05, 0) is 25.0 Å². The van der Waals surface area contributed by atoms with E-state index in [4.69, 9.17) is 0 Å². The van der Waals surface area contributed by atoms with E-state index in [1.54, 1.807) is 0 Å². The summed E-state index contributed by atoms with van der Waals surface area (Å²) < 4.78 is 0. The molecule has 0 saturated carbocycles. The third kappa shape index (κ3) is 5.53. The molecule has 6 amide bonds. The van der Waals surface area contributed by atoms with Crippen LogP contribution < -0.4 is 10.6 Å². The van der Waals surface area contributed by atoms with Crippen LogP contribution in [0.4, 0.5) is 11.4 Å². The van der Waals surface area contributed by atoms with Crippen molar-refractivity contribution < 1.29 is 38.6 Å². The molecule has 2 unspecified atom stereocenters. The number of rotatable bonds is 4. The molecule has 2 saturated heterocycles. The van der Waals surface area contributed by atoms with Crippen LogP contribution in [0.5, 0.6) is 0 Å². The topological polar surface area (TPSA) is 219 Å². The maximum atomic E-state index is 12.3. The van der Waals surface area contributed by atoms with E-state index in [9.17, 15) is 49.0 Å². The summed E-state index contributed by atoms with van der Waals surface area (Å²) in [6, 6.07) is 7.06. The van der Waals surface area contributed by atoms with Gasteiger partial charge in [0.25, 0.3) is 23.2 Å². The summed E-state index contributed by atoms with van der Waals surface area (Å²) in [6.45, 7) is 0.0230. The van der Waals surface area contributed by atoms with Crippen LogP contribution in [0, 0.1) is 20.2 Å². The van der Waals surface area contributed by atoms with E-state index >= 15 is 0 Å². The molecule has 16 heteroatoms. The van der Waals surface area contributed by atoms with Crippen LogP contribution >= 0.6 is 0 Å². The molecular weight excluding hydrogens is 568 g/mol. The first-order valence-electron chi connectivity index (χ1n) is 12.8. The minimum Gasteiger partial charge on any atom is -0.322 e. The molecule has 0 radical (unpaired) electrons. The lowest BCUT2D eigenvalue weighted by molar-refractivity contribution is -0.385. The Kier molecular flexibility index (Phi) is 8.31. The van der Waals surface area contributed by atoms with E-state index < -0.39 is 45.6 Å². The number of piperidine rings is 2. The van der Waals surface area contributed by atoms with Crippen LogP contribution in [0.3, 0.4) is 0 Å². The number of nitro groups is 2. The lowest BCUT2D eigenvalue weighted by atomic mass is 10.0. The van der Waals surface area contributed by atoms with Gasteiger partial charge >= 0.3 is 0 Å². The lowest BCUT2D eigenvalue weighted by Gasteiger charge is -2.29. The molecule has 0 aromatic heterocycles. The van der Waals surface area contributed by atoms with Crippen molar-refractivity contribution >= 4 is 46.8 Å². The molecule has 6 rings (SSSR count). The van der Waals surface area contributed by atoms with Crippen molar-refractivity contribution in [1.29, 1.82) is 0 Å². The molecular formula is C27H26N6O10. The highest BCUT2D eigenvalue weighted by Crippen LogP contribution is 2.34. The standard InChI is InChI=1S/2C13H11N3O5.CH4/c2*17-11-5-4-10(12(18)14-11)15-6-8-7(13(15)19)2-1-3-9(8)16(20)21;/h2*1-3,10H,4-6H2,(H,14,17,18);1H4. The summed E-state index contributed by atoms with van der Waals surface area (Å²) in [5, 5.41) is 26.4. The highest BCUT2D eigenvalue weighted by Gasteiger charge is 2.42. The Labute approximate surface area is 243 Å². The highest BCUT2D eigenvalue weighted by molar-refractivity contribution is 6.07. The molecule has 224 valence electrons. The predicted molar refractivity (Wildman–Crippen MR) is 145 cm³/mol. The Bertz CT molecular complexity index is 1490. The SMILES string of the molecule is C.O=C1CCC(N2Cc3c(cccc3[N+](=O)[O-])C2=O)C(=O)N1.O=C1CCC(N2Cc3c(cccc3[N+](=O)[O-])C2=O)C(=O)N1. The molecule has 0 spiro atoms. The molecule has 4 heterocycles. The van der Waals surface area contributed by atoms with Crippen molar-refractivity contribution in [3.05, 3.63) is 78.9 Å². The van der Waals surface area contributed by atoms with Crippen molar-refractivity contribution in [2.75, 3.05) is 0 Å². The number of fused-ring (bicyclic) bond motifs is 2. The molecule has 16 nitrogen and oxygen atoms in total. The Morgan fingerprint density at radius 3 is 1.35 bits per heavy atom. The quantitative estimate of drug-likeness (QED) is 0.294. The summed E-state index contributed by atoms with van der Waals surface area (Å²) in [6.07, 6.45) is 0.771. The van der Waals surface area contributed by atoms with Crippen LogP contribution in [0.2, 0.25) is 0 Å². The molecule has 2 fully saturated rings. The number of imide groups is 2. The number of benzene rings is 2. The van der Waals surface area contributed by atoms with Gasteiger partial charge in [-0.25, -0.2) is 0 Å². The number of amides is 6. The van der Waals surface area contributed by atoms with E-state index in [-0.39, 0.29) is 80.5 Å². The van der Waals surface area contributed by atoms with E-state index in [1.165, 1.54) is 46.2 Å². The Morgan fingerprint density at radius 2 is 1.02 bits per heavy atom. The molecule has 2 atom stereocenters. The zero-order valence-corrected chi connectivity index (χ0v) is 21.7. The number of carbonyl (C=O) groups excluding carboxylic acids is 6. The van der Waals surface area contributed by atoms with Gasteiger partial charge in [0.2, 0.25) is 23.6 Å². The molecule has 0 bridgehead atoms. The van der Waals surface area contributed by atoms with E-state index in [2.05, 4.69) is 10.6 Å². The first kappa shape index (κ1) is 30.4. The van der Waals surface area contributed by atoms with Crippen LogP contribution in [0.25, 0.3) is 0 Å². The minimum absolute atomic E-state index is 0. The average Bonchev–Trinajstić information content (AvgIpc) is 3.45. The minimum atomic E-state index is -0.762. The largest absolute Gasteiger partial charge is 0.322 e. The monoisotopic (exact) mass is 594 g/mol. The van der Waals surface area contributed by atoms with Gasteiger partial charge in [-0.15, -0.1) is 0 Å². The van der Waals surface area contributed by atoms with Crippen LogP contribution in [0.15, 0.2) is 36.4 Å². The van der Waals surface area contributed by atoms with E-state index in [0.717, 1.165) is 0 Å². The number of nitro benzene ring substituents is 2. The number of hydrogen-bond donors (Lipinski definition) is 2. The highest BCUT2D eigenvalue weighted by atomic mass is 16.6. The maximum absolute atomic E-state index is 12.3. The average molecular weight is 595 g/mol. The summed E-state index contributed by atoms with van der Waals surface area (Å²) in [5.41, 5.74) is 0.864. The first-order valence-corrected chi connectivity index (χ1v) is 12.8. The summed E-state index contributed by atoms with van der Waals surface area (Å²) >= 11 is 0. The van der Waals surface area contributed by atoms with Gasteiger partial charge in [-0.1, -0.05) is 19.6 Å². The normalized spacial score (nSPS) is 20.7. The number of hydrogen-bond acceptors (Lipinski definition) is 10. The third-order valence-electron chi connectivity index (χ3n) is 7.51. The van der Waals surface area contributed by atoms with Gasteiger partial charge in [-0.3, -0.25) is 59.6 Å². The molecule has 43 heavy (non-hydrogen) atoms. The van der Waals surface area contributed by atoms with Gasteiger partial charge in [0.1, 0.15) is 12.1 Å². The summed E-state index contributed by atoms with van der Waals surface area (Å²) in [5.74, 6) is -2.63. The van der Waals surface area contributed by atoms with Crippen LogP contribution in [-0.2, 0) is 32.3 Å². The maximum Gasteiger partial charge on any atom is 0.275 e. The molecule has 4 aliphatic heterocycles. The van der Waals surface area contributed by atoms with Gasteiger partial charge in [-0.2, -0.15) is 0 Å². The van der Waals surface area contributed by atoms with Crippen molar-refractivity contribution in [2.24, 2.45) is 0 Å². The molecule has 4 aliphatic rings. The Hall–Kier alpha value is -5.54. The molecule has 2 aromatic rings. The van der Waals surface area contributed by atoms with E-state index in [0.29, 0.717) is 11.1 Å². The van der Waals surface area contributed by atoms with Crippen molar-refractivity contribution in [3.8, 4) is 0 Å². The number of nitrogens with zero attached hydrogens (tertiary/aromatic N) is 4. The van der Waals surface area contributed by atoms with Crippen LogP contribution in [-0.4, -0.2) is 67.2 Å². The summed E-state index contributed by atoms with van der Waals surface area (Å²) in [4.78, 5) is 94.2. The lowest BCUT2D eigenvalue weighted by Crippen LogP contribution is -2.52.